The molecule has 1 aromatic carbocycles. The monoisotopic (exact) mass is 209 g/mol. The summed E-state index contributed by atoms with van der Waals surface area (Å²) in [6.07, 6.45) is 0.175. The van der Waals surface area contributed by atoms with E-state index in [1.54, 1.807) is 26.4 Å². The highest BCUT2D eigenvalue weighted by Crippen LogP contribution is 2.31. The number of ether oxygens (including phenoxy) is 2. The molecule has 0 heterocycles. The minimum absolute atomic E-state index is 0.175. The summed E-state index contributed by atoms with van der Waals surface area (Å²) in [5, 5.41) is 0. The molecule has 0 radical (unpaired) electrons. The molecule has 0 spiro atoms. The molecule has 0 atom stereocenters. The lowest BCUT2D eigenvalue weighted by Crippen LogP contribution is -2.14. The maximum atomic E-state index is 10.8. The molecule has 4 nitrogen and oxygen atoms in total. The number of primary amides is 1. The van der Waals surface area contributed by atoms with Gasteiger partial charge in [-0.25, -0.2) is 0 Å². The highest BCUT2D eigenvalue weighted by Gasteiger charge is 2.12. The van der Waals surface area contributed by atoms with Crippen LogP contribution >= 0.6 is 0 Å². The summed E-state index contributed by atoms with van der Waals surface area (Å²) in [6, 6.07) is 3.59. The van der Waals surface area contributed by atoms with Crippen molar-refractivity contribution >= 4 is 5.91 Å². The molecule has 2 N–H and O–H groups in total. The fraction of sp³-hybridized carbons (Fsp3) is 0.364. The Morgan fingerprint density at radius 3 is 2.47 bits per heavy atom. The Bertz CT molecular complexity index is 374. The van der Waals surface area contributed by atoms with Crippen molar-refractivity contribution in [2.75, 3.05) is 14.2 Å². The fourth-order valence-corrected chi connectivity index (χ4v) is 1.56. The van der Waals surface area contributed by atoms with Crippen LogP contribution in [0.1, 0.15) is 11.1 Å². The average molecular weight is 209 g/mol. The van der Waals surface area contributed by atoms with E-state index in [1.165, 1.54) is 0 Å². The molecule has 4 heteroatoms. The lowest BCUT2D eigenvalue weighted by Gasteiger charge is -2.13. The van der Waals surface area contributed by atoms with E-state index in [0.29, 0.717) is 5.75 Å². The van der Waals surface area contributed by atoms with Gasteiger partial charge in [-0.3, -0.25) is 4.79 Å². The minimum Gasteiger partial charge on any atom is -0.496 e. The predicted molar refractivity (Wildman–Crippen MR) is 57.2 cm³/mol. The molecular formula is C11H15NO3. The number of rotatable bonds is 4. The molecule has 0 aromatic heterocycles. The third-order valence-electron chi connectivity index (χ3n) is 2.23. The number of hydrogen-bond donors (Lipinski definition) is 1. The number of methoxy groups -OCH3 is 2. The second-order valence-corrected chi connectivity index (χ2v) is 3.23. The number of carbonyl (C=O) groups is 1. The van der Waals surface area contributed by atoms with Crippen LogP contribution in [0.5, 0.6) is 11.5 Å². The van der Waals surface area contributed by atoms with Crippen molar-refractivity contribution in [2.24, 2.45) is 5.73 Å². The fourth-order valence-electron chi connectivity index (χ4n) is 1.56. The molecule has 1 rings (SSSR count). The van der Waals surface area contributed by atoms with Crippen molar-refractivity contribution < 1.29 is 14.3 Å². The lowest BCUT2D eigenvalue weighted by atomic mass is 10.1. The zero-order valence-corrected chi connectivity index (χ0v) is 9.16. The molecule has 0 bridgehead atoms. The smallest absolute Gasteiger partial charge is 0.221 e. The summed E-state index contributed by atoms with van der Waals surface area (Å²) in [5.74, 6) is 1.02. The van der Waals surface area contributed by atoms with Gasteiger partial charge in [-0.2, -0.15) is 0 Å². The molecule has 82 valence electrons. The summed E-state index contributed by atoms with van der Waals surface area (Å²) < 4.78 is 10.4. The Kier molecular flexibility index (Phi) is 3.55. The Morgan fingerprint density at radius 2 is 2.00 bits per heavy atom. The quantitative estimate of drug-likeness (QED) is 0.806. The Labute approximate surface area is 89.0 Å². The maximum Gasteiger partial charge on any atom is 0.221 e. The van der Waals surface area contributed by atoms with Gasteiger partial charge in [-0.1, -0.05) is 6.07 Å². The van der Waals surface area contributed by atoms with Gasteiger partial charge in [0.1, 0.15) is 11.5 Å². The van der Waals surface area contributed by atoms with Crippen LogP contribution in [-0.4, -0.2) is 20.1 Å². The minimum atomic E-state index is -0.377. The number of benzene rings is 1. The highest BCUT2D eigenvalue weighted by atomic mass is 16.5. The first kappa shape index (κ1) is 11.4. The molecular weight excluding hydrogens is 194 g/mol. The normalized spacial score (nSPS) is 9.80. The number of hydrogen-bond acceptors (Lipinski definition) is 3. The van der Waals surface area contributed by atoms with Crippen LogP contribution < -0.4 is 15.2 Å². The summed E-state index contributed by atoms with van der Waals surface area (Å²) >= 11 is 0. The van der Waals surface area contributed by atoms with E-state index < -0.39 is 0 Å². The van der Waals surface area contributed by atoms with E-state index in [1.807, 2.05) is 6.92 Å². The Morgan fingerprint density at radius 1 is 1.33 bits per heavy atom. The standard InChI is InChI=1S/C11H15NO3/c1-7-9(14-2)5-4-8(6-10(12)13)11(7)15-3/h4-5H,6H2,1-3H3,(H2,12,13). The van der Waals surface area contributed by atoms with Gasteiger partial charge >= 0.3 is 0 Å². The molecule has 0 saturated heterocycles. The van der Waals surface area contributed by atoms with Crippen molar-refractivity contribution in [1.29, 1.82) is 0 Å². The van der Waals surface area contributed by atoms with E-state index in [0.717, 1.165) is 16.9 Å². The van der Waals surface area contributed by atoms with Crippen LogP contribution in [0.2, 0.25) is 0 Å². The lowest BCUT2D eigenvalue weighted by molar-refractivity contribution is -0.117. The third-order valence-corrected chi connectivity index (χ3v) is 2.23. The Balaban J connectivity index is 3.18. The zero-order chi connectivity index (χ0) is 11.4. The van der Waals surface area contributed by atoms with Crippen LogP contribution in [0.15, 0.2) is 12.1 Å². The van der Waals surface area contributed by atoms with E-state index in [4.69, 9.17) is 15.2 Å². The van der Waals surface area contributed by atoms with Crippen LogP contribution in [0, 0.1) is 6.92 Å². The molecule has 0 unspecified atom stereocenters. The molecule has 0 aliphatic carbocycles. The molecule has 1 aromatic rings. The van der Waals surface area contributed by atoms with Crippen LogP contribution in [0.3, 0.4) is 0 Å². The molecule has 0 aliphatic rings. The molecule has 0 fully saturated rings. The first-order chi connectivity index (χ1) is 7.10. The third kappa shape index (κ3) is 2.40. The van der Waals surface area contributed by atoms with Gasteiger partial charge in [-0.05, 0) is 13.0 Å². The summed E-state index contributed by atoms with van der Waals surface area (Å²) in [7, 11) is 3.15. The van der Waals surface area contributed by atoms with Crippen LogP contribution in [0.4, 0.5) is 0 Å². The number of nitrogens with two attached hydrogens (primary N) is 1. The van der Waals surface area contributed by atoms with Gasteiger partial charge in [0.15, 0.2) is 0 Å². The number of amides is 1. The summed E-state index contributed by atoms with van der Waals surface area (Å²) in [5.41, 5.74) is 6.80. The molecule has 0 aliphatic heterocycles. The van der Waals surface area contributed by atoms with Crippen molar-refractivity contribution in [2.45, 2.75) is 13.3 Å². The zero-order valence-electron chi connectivity index (χ0n) is 9.16. The van der Waals surface area contributed by atoms with Gasteiger partial charge < -0.3 is 15.2 Å². The van der Waals surface area contributed by atoms with Gasteiger partial charge in [0.2, 0.25) is 5.91 Å². The highest BCUT2D eigenvalue weighted by molar-refractivity contribution is 5.77. The maximum absolute atomic E-state index is 10.8. The first-order valence-corrected chi connectivity index (χ1v) is 4.59. The largest absolute Gasteiger partial charge is 0.496 e. The van der Waals surface area contributed by atoms with Gasteiger partial charge in [-0.15, -0.1) is 0 Å². The van der Waals surface area contributed by atoms with Crippen LogP contribution in [0.25, 0.3) is 0 Å². The van der Waals surface area contributed by atoms with Crippen molar-refractivity contribution in [3.05, 3.63) is 23.3 Å². The van der Waals surface area contributed by atoms with Crippen molar-refractivity contribution in [1.82, 2.24) is 0 Å². The molecule has 15 heavy (non-hydrogen) atoms. The second kappa shape index (κ2) is 4.68. The second-order valence-electron chi connectivity index (χ2n) is 3.23. The van der Waals surface area contributed by atoms with Gasteiger partial charge in [0.05, 0.1) is 20.6 Å². The van der Waals surface area contributed by atoms with Crippen LogP contribution in [-0.2, 0) is 11.2 Å². The topological polar surface area (TPSA) is 61.5 Å². The summed E-state index contributed by atoms with van der Waals surface area (Å²) in [6.45, 7) is 1.88. The number of carbonyl (C=O) groups excluding carboxylic acids is 1. The van der Waals surface area contributed by atoms with E-state index in [9.17, 15) is 4.79 Å². The van der Waals surface area contributed by atoms with E-state index in [2.05, 4.69) is 0 Å². The van der Waals surface area contributed by atoms with Gasteiger partial charge in [0, 0.05) is 11.1 Å². The average Bonchev–Trinajstić information content (AvgIpc) is 2.18. The summed E-state index contributed by atoms with van der Waals surface area (Å²) in [4.78, 5) is 10.8. The van der Waals surface area contributed by atoms with Gasteiger partial charge in [0.25, 0.3) is 0 Å². The Hall–Kier alpha value is -1.71. The van der Waals surface area contributed by atoms with E-state index >= 15 is 0 Å². The predicted octanol–water partition coefficient (Wildman–Crippen LogP) is 1.04. The SMILES string of the molecule is COc1ccc(CC(N)=O)c(OC)c1C. The van der Waals surface area contributed by atoms with Crippen molar-refractivity contribution in [3.63, 3.8) is 0 Å². The van der Waals surface area contributed by atoms with Crippen molar-refractivity contribution in [3.8, 4) is 11.5 Å². The van der Waals surface area contributed by atoms with E-state index in [-0.39, 0.29) is 12.3 Å². The molecule has 1 amide bonds. The first-order valence-electron chi connectivity index (χ1n) is 4.59. The molecule has 0 saturated carbocycles.